The predicted octanol–water partition coefficient (Wildman–Crippen LogP) is 5.99. The highest BCUT2D eigenvalue weighted by atomic mass is 14.7. The third-order valence-electron chi connectivity index (χ3n) is 3.69. The van der Waals surface area contributed by atoms with Gasteiger partial charge < -0.3 is 0 Å². The van der Waals surface area contributed by atoms with Gasteiger partial charge >= 0.3 is 0 Å². The highest BCUT2D eigenvalue weighted by molar-refractivity contribution is 6.00. The maximum atomic E-state index is 4.77. The molecule has 0 heterocycles. The molecule has 0 bridgehead atoms. The van der Waals surface area contributed by atoms with Crippen LogP contribution in [0.5, 0.6) is 0 Å². The molecule has 0 radical (unpaired) electrons. The number of hydrogen-bond acceptors (Lipinski definition) is 1. The van der Waals surface area contributed by atoms with Crippen molar-refractivity contribution in [2.45, 2.75) is 60.8 Å². The Kier molecular flexibility index (Phi) is 4.63. The Morgan fingerprint density at radius 1 is 1.05 bits per heavy atom. The van der Waals surface area contributed by atoms with Gasteiger partial charge in [0.15, 0.2) is 0 Å². The molecule has 1 nitrogen and oxygen atoms in total. The van der Waals surface area contributed by atoms with Crippen LogP contribution >= 0.6 is 0 Å². The number of rotatable bonds is 2. The summed E-state index contributed by atoms with van der Waals surface area (Å²) in [5.74, 6) is 0. The van der Waals surface area contributed by atoms with Gasteiger partial charge in [-0.1, -0.05) is 60.3 Å². The van der Waals surface area contributed by atoms with E-state index in [0.29, 0.717) is 0 Å². The second-order valence-corrected chi connectivity index (χ2v) is 7.68. The van der Waals surface area contributed by atoms with Gasteiger partial charge in [-0.25, -0.2) is 0 Å². The van der Waals surface area contributed by atoms with Gasteiger partial charge in [-0.05, 0) is 47.4 Å². The summed E-state index contributed by atoms with van der Waals surface area (Å²) in [6.45, 7) is 21.6. The lowest BCUT2D eigenvalue weighted by atomic mass is 9.85. The summed E-state index contributed by atoms with van der Waals surface area (Å²) >= 11 is 0. The van der Waals surface area contributed by atoms with Crippen LogP contribution in [0.3, 0.4) is 0 Å². The van der Waals surface area contributed by atoms with Gasteiger partial charge in [0.1, 0.15) is 0 Å². The van der Waals surface area contributed by atoms with Gasteiger partial charge in [-0.15, -0.1) is 0 Å². The van der Waals surface area contributed by atoms with Crippen molar-refractivity contribution in [1.82, 2.24) is 0 Å². The normalized spacial score (nSPS) is 13.5. The molecule has 0 saturated heterocycles. The summed E-state index contributed by atoms with van der Waals surface area (Å²) in [4.78, 5) is 4.77. The summed E-state index contributed by atoms with van der Waals surface area (Å²) < 4.78 is 0. The van der Waals surface area contributed by atoms with Crippen LogP contribution < -0.4 is 0 Å². The predicted molar refractivity (Wildman–Crippen MR) is 91.2 cm³/mol. The minimum Gasteiger partial charge on any atom is -0.253 e. The lowest BCUT2D eigenvalue weighted by Crippen LogP contribution is -2.14. The van der Waals surface area contributed by atoms with Crippen LogP contribution in [0.2, 0.25) is 0 Å². The van der Waals surface area contributed by atoms with Crippen LogP contribution in [-0.2, 0) is 5.41 Å². The highest BCUT2D eigenvalue weighted by Gasteiger charge is 2.18. The minimum atomic E-state index is 0.0623. The zero-order valence-corrected chi connectivity index (χ0v) is 14.4. The molecule has 0 aliphatic heterocycles. The average Bonchev–Trinajstić information content (AvgIpc) is 2.28. The number of aryl methyl sites for hydroxylation is 1. The van der Waals surface area contributed by atoms with E-state index in [2.05, 4.69) is 73.2 Å². The zero-order valence-electron chi connectivity index (χ0n) is 14.4. The van der Waals surface area contributed by atoms with E-state index in [1.165, 1.54) is 11.1 Å². The van der Waals surface area contributed by atoms with E-state index < -0.39 is 0 Å². The SMILES string of the molecule is C=C(/C(C)=N\c1ccc(C(C)(C)C)cc1C)C(C)(C)C. The fraction of sp³-hybridized carbons (Fsp3) is 0.526. The minimum absolute atomic E-state index is 0.0623. The van der Waals surface area contributed by atoms with E-state index in [4.69, 9.17) is 4.99 Å². The van der Waals surface area contributed by atoms with Crippen molar-refractivity contribution >= 4 is 11.4 Å². The lowest BCUT2D eigenvalue weighted by Gasteiger charge is -2.22. The molecule has 0 spiro atoms. The van der Waals surface area contributed by atoms with Gasteiger partial charge in [0.05, 0.1) is 5.69 Å². The van der Waals surface area contributed by atoms with Gasteiger partial charge in [0, 0.05) is 5.71 Å². The standard InChI is InChI=1S/C19H29N/c1-13-12-16(19(7,8)9)10-11-17(13)20-15(3)14(2)18(4,5)6/h10-12H,2H2,1,3-9H3/b20-15-. The molecule has 20 heavy (non-hydrogen) atoms. The van der Waals surface area contributed by atoms with Gasteiger partial charge in [-0.3, -0.25) is 4.99 Å². The van der Waals surface area contributed by atoms with Gasteiger partial charge in [0.25, 0.3) is 0 Å². The summed E-state index contributed by atoms with van der Waals surface area (Å²) in [7, 11) is 0. The van der Waals surface area contributed by atoms with Crippen LogP contribution in [0.1, 0.15) is 59.6 Å². The number of benzene rings is 1. The third-order valence-corrected chi connectivity index (χ3v) is 3.69. The van der Waals surface area contributed by atoms with Crippen molar-refractivity contribution in [3.05, 3.63) is 41.5 Å². The lowest BCUT2D eigenvalue weighted by molar-refractivity contribution is 0.526. The number of allylic oxidation sites excluding steroid dienone is 1. The molecular weight excluding hydrogens is 242 g/mol. The van der Waals surface area contributed by atoms with Crippen LogP contribution in [0.4, 0.5) is 5.69 Å². The molecular formula is C19H29N. The first-order valence-corrected chi connectivity index (χ1v) is 7.29. The van der Waals surface area contributed by atoms with Crippen LogP contribution in [-0.4, -0.2) is 5.71 Å². The van der Waals surface area contributed by atoms with Crippen molar-refractivity contribution < 1.29 is 0 Å². The molecule has 0 fully saturated rings. The third kappa shape index (κ3) is 4.06. The Labute approximate surface area is 124 Å². The molecule has 0 aliphatic rings. The topological polar surface area (TPSA) is 12.4 Å². The molecule has 0 aliphatic carbocycles. The highest BCUT2D eigenvalue weighted by Crippen LogP contribution is 2.30. The second-order valence-electron chi connectivity index (χ2n) is 7.68. The molecule has 0 atom stereocenters. The first-order chi connectivity index (χ1) is 8.93. The van der Waals surface area contributed by atoms with Crippen molar-refractivity contribution in [1.29, 1.82) is 0 Å². The molecule has 0 unspecified atom stereocenters. The first-order valence-electron chi connectivity index (χ1n) is 7.29. The molecule has 0 aromatic heterocycles. The van der Waals surface area contributed by atoms with Crippen molar-refractivity contribution in [3.63, 3.8) is 0 Å². The first kappa shape index (κ1) is 16.7. The fourth-order valence-corrected chi connectivity index (χ4v) is 2.04. The Morgan fingerprint density at radius 3 is 2.00 bits per heavy atom. The van der Waals surface area contributed by atoms with E-state index in [1.807, 2.05) is 6.92 Å². The maximum absolute atomic E-state index is 4.77. The average molecular weight is 271 g/mol. The Balaban J connectivity index is 3.14. The van der Waals surface area contributed by atoms with E-state index in [-0.39, 0.29) is 10.8 Å². The van der Waals surface area contributed by atoms with Crippen LogP contribution in [0, 0.1) is 12.3 Å². The van der Waals surface area contributed by atoms with Crippen LogP contribution in [0.25, 0.3) is 0 Å². The van der Waals surface area contributed by atoms with Gasteiger partial charge in [-0.2, -0.15) is 0 Å². The molecule has 0 amide bonds. The second kappa shape index (κ2) is 5.55. The van der Waals surface area contributed by atoms with Crippen LogP contribution in [0.15, 0.2) is 35.3 Å². The van der Waals surface area contributed by atoms with E-state index in [9.17, 15) is 0 Å². The summed E-state index contributed by atoms with van der Waals surface area (Å²) in [6.07, 6.45) is 0. The largest absolute Gasteiger partial charge is 0.253 e. The molecule has 1 aromatic rings. The smallest absolute Gasteiger partial charge is 0.0662 e. The Morgan fingerprint density at radius 2 is 1.60 bits per heavy atom. The molecule has 0 saturated carbocycles. The Hall–Kier alpha value is -1.37. The van der Waals surface area contributed by atoms with Crippen molar-refractivity contribution in [2.75, 3.05) is 0 Å². The number of nitrogens with zero attached hydrogens (tertiary/aromatic N) is 1. The molecule has 0 N–H and O–H groups in total. The summed E-state index contributed by atoms with van der Waals surface area (Å²) in [5.41, 5.74) is 5.96. The molecule has 1 heteroatoms. The summed E-state index contributed by atoms with van der Waals surface area (Å²) in [5, 5.41) is 0. The number of aliphatic imine (C=N–C) groups is 1. The number of hydrogen-bond donors (Lipinski definition) is 0. The van der Waals surface area contributed by atoms with Crippen molar-refractivity contribution in [3.8, 4) is 0 Å². The molecule has 1 rings (SSSR count). The maximum Gasteiger partial charge on any atom is 0.0662 e. The van der Waals surface area contributed by atoms with E-state index in [0.717, 1.165) is 17.0 Å². The van der Waals surface area contributed by atoms with Crippen molar-refractivity contribution in [2.24, 2.45) is 10.4 Å². The van der Waals surface area contributed by atoms with Gasteiger partial charge in [0.2, 0.25) is 0 Å². The van der Waals surface area contributed by atoms with E-state index >= 15 is 0 Å². The monoisotopic (exact) mass is 271 g/mol. The zero-order chi connectivity index (χ0) is 15.7. The quantitative estimate of drug-likeness (QED) is 0.586. The fourth-order valence-electron chi connectivity index (χ4n) is 2.04. The molecule has 1 aromatic carbocycles. The summed E-state index contributed by atoms with van der Waals surface area (Å²) in [6, 6.07) is 6.54. The molecule has 110 valence electrons. The van der Waals surface area contributed by atoms with E-state index in [1.54, 1.807) is 0 Å². The Bertz CT molecular complexity index is 534.